The lowest BCUT2D eigenvalue weighted by Gasteiger charge is -2.17. The van der Waals surface area contributed by atoms with Gasteiger partial charge < -0.3 is 15.4 Å². The zero-order valence-corrected chi connectivity index (χ0v) is 19.4. The highest BCUT2D eigenvalue weighted by Crippen LogP contribution is 2.23. The van der Waals surface area contributed by atoms with Crippen LogP contribution < -0.4 is 10.6 Å². The number of hydrogen-bond donors (Lipinski definition) is 2. The van der Waals surface area contributed by atoms with E-state index in [2.05, 4.69) is 15.6 Å². The van der Waals surface area contributed by atoms with Gasteiger partial charge in [-0.15, -0.1) is 23.1 Å². The molecule has 11 heteroatoms. The van der Waals surface area contributed by atoms with Crippen LogP contribution in [-0.2, 0) is 31.3 Å². The van der Waals surface area contributed by atoms with E-state index in [9.17, 15) is 23.2 Å². The van der Waals surface area contributed by atoms with Gasteiger partial charge in [0.1, 0.15) is 17.7 Å². The highest BCUT2D eigenvalue weighted by Gasteiger charge is 2.21. The maximum atomic E-state index is 13.3. The van der Waals surface area contributed by atoms with Crippen molar-refractivity contribution in [3.05, 3.63) is 46.5 Å². The van der Waals surface area contributed by atoms with Gasteiger partial charge in [-0.1, -0.05) is 13.3 Å². The number of rotatable bonds is 12. The predicted molar refractivity (Wildman–Crippen MR) is 120 cm³/mol. The Kier molecular flexibility index (Phi) is 10.5. The fraction of sp³-hybridized carbons (Fsp3) is 0.429. The van der Waals surface area contributed by atoms with Crippen LogP contribution >= 0.6 is 23.1 Å². The molecule has 2 N–H and O–H groups in total. The first kappa shape index (κ1) is 25.7. The molecule has 1 heterocycles. The third-order valence-corrected chi connectivity index (χ3v) is 6.12. The Bertz CT molecular complexity index is 919. The van der Waals surface area contributed by atoms with Crippen LogP contribution in [0.1, 0.15) is 37.1 Å². The molecule has 0 spiro atoms. The van der Waals surface area contributed by atoms with Crippen LogP contribution in [0, 0.1) is 11.6 Å². The van der Waals surface area contributed by atoms with Gasteiger partial charge in [0.25, 0.3) is 0 Å². The van der Waals surface area contributed by atoms with Gasteiger partial charge in [0.2, 0.25) is 11.8 Å². The van der Waals surface area contributed by atoms with E-state index >= 15 is 0 Å². The Hall–Kier alpha value is -2.53. The van der Waals surface area contributed by atoms with Crippen LogP contribution in [0.15, 0.2) is 24.4 Å². The summed E-state index contributed by atoms with van der Waals surface area (Å²) >= 11 is 2.66. The van der Waals surface area contributed by atoms with Crippen molar-refractivity contribution in [2.75, 3.05) is 17.7 Å². The molecule has 1 atom stereocenters. The van der Waals surface area contributed by atoms with E-state index in [1.54, 1.807) is 13.1 Å². The topological polar surface area (TPSA) is 97.4 Å². The molecule has 0 aliphatic rings. The van der Waals surface area contributed by atoms with Crippen molar-refractivity contribution in [3.8, 4) is 0 Å². The number of aromatic nitrogens is 1. The van der Waals surface area contributed by atoms with Gasteiger partial charge in [0.05, 0.1) is 18.8 Å². The van der Waals surface area contributed by atoms with Gasteiger partial charge in [0, 0.05) is 22.9 Å². The van der Waals surface area contributed by atoms with Gasteiger partial charge in [-0.2, -0.15) is 0 Å². The number of carbonyl (C=O) groups excluding carboxylic acids is 3. The smallest absolute Gasteiger partial charge is 0.315 e. The van der Waals surface area contributed by atoms with Gasteiger partial charge in [-0.05, 0) is 31.0 Å². The maximum Gasteiger partial charge on any atom is 0.315 e. The second-order valence-corrected chi connectivity index (χ2v) is 8.88. The SMILES string of the molecule is CCCC(NC(=O)Cc1cc(F)cc(F)c1)C(=O)Nc1ncc(CSCC(=O)OCC)s1. The summed E-state index contributed by atoms with van der Waals surface area (Å²) in [5.41, 5.74) is 0.181. The summed E-state index contributed by atoms with van der Waals surface area (Å²) in [5.74, 6) is -1.98. The molecule has 0 aliphatic carbocycles. The first-order chi connectivity index (χ1) is 15.3. The summed E-state index contributed by atoms with van der Waals surface area (Å²) in [5, 5.41) is 5.68. The van der Waals surface area contributed by atoms with Crippen molar-refractivity contribution in [3.63, 3.8) is 0 Å². The third kappa shape index (κ3) is 8.91. The minimum Gasteiger partial charge on any atom is -0.465 e. The number of hydrogen-bond acceptors (Lipinski definition) is 7. The highest BCUT2D eigenvalue weighted by atomic mass is 32.2. The normalized spacial score (nSPS) is 11.6. The molecule has 7 nitrogen and oxygen atoms in total. The summed E-state index contributed by atoms with van der Waals surface area (Å²) in [6, 6.07) is 2.08. The minimum atomic E-state index is -0.809. The zero-order chi connectivity index (χ0) is 23.5. The predicted octanol–water partition coefficient (Wildman–Crippen LogP) is 3.68. The molecule has 2 rings (SSSR count). The quantitative estimate of drug-likeness (QED) is 0.445. The van der Waals surface area contributed by atoms with E-state index in [0.717, 1.165) is 23.1 Å². The molecule has 174 valence electrons. The zero-order valence-electron chi connectivity index (χ0n) is 17.8. The molecule has 1 aromatic carbocycles. The van der Waals surface area contributed by atoms with Crippen molar-refractivity contribution in [1.29, 1.82) is 0 Å². The standard InChI is InChI=1S/C21H25F2N3O4S2/c1-3-5-17(25-18(27)8-13-6-14(22)9-15(23)7-13)20(29)26-21-24-10-16(32-21)11-31-12-19(28)30-4-2/h6-7,9-10,17H,3-5,8,11-12H2,1-2H3,(H,25,27)(H,24,26,29). The lowest BCUT2D eigenvalue weighted by atomic mass is 10.1. The molecular weight excluding hydrogens is 460 g/mol. The first-order valence-electron chi connectivity index (χ1n) is 10.0. The molecular formula is C21H25F2N3O4S2. The summed E-state index contributed by atoms with van der Waals surface area (Å²) < 4.78 is 31.5. The number of thiazole rings is 1. The van der Waals surface area contributed by atoms with E-state index < -0.39 is 29.5 Å². The highest BCUT2D eigenvalue weighted by molar-refractivity contribution is 7.99. The first-order valence-corrected chi connectivity index (χ1v) is 12.0. The summed E-state index contributed by atoms with van der Waals surface area (Å²) in [7, 11) is 0. The molecule has 1 unspecified atom stereocenters. The summed E-state index contributed by atoms with van der Waals surface area (Å²) in [4.78, 5) is 41.4. The van der Waals surface area contributed by atoms with E-state index in [4.69, 9.17) is 4.74 Å². The largest absolute Gasteiger partial charge is 0.465 e. The number of amides is 2. The summed E-state index contributed by atoms with van der Waals surface area (Å²) in [6.07, 6.45) is 2.40. The van der Waals surface area contributed by atoms with E-state index in [1.165, 1.54) is 23.1 Å². The van der Waals surface area contributed by atoms with Gasteiger partial charge in [-0.25, -0.2) is 13.8 Å². The molecule has 0 radical (unpaired) electrons. The Balaban J connectivity index is 1.89. The monoisotopic (exact) mass is 485 g/mol. The number of carbonyl (C=O) groups is 3. The number of thioether (sulfide) groups is 1. The Morgan fingerprint density at radius 1 is 1.19 bits per heavy atom. The van der Waals surface area contributed by atoms with E-state index in [0.29, 0.717) is 30.3 Å². The number of anilines is 1. The second kappa shape index (κ2) is 13.1. The Morgan fingerprint density at radius 2 is 1.91 bits per heavy atom. The molecule has 0 fully saturated rings. The fourth-order valence-corrected chi connectivity index (χ4v) is 4.49. The van der Waals surface area contributed by atoms with Crippen molar-refractivity contribution in [1.82, 2.24) is 10.3 Å². The number of halogens is 2. The average molecular weight is 486 g/mol. The van der Waals surface area contributed by atoms with Crippen LogP contribution in [0.5, 0.6) is 0 Å². The average Bonchev–Trinajstić information content (AvgIpc) is 3.14. The van der Waals surface area contributed by atoms with Crippen molar-refractivity contribution >= 4 is 46.0 Å². The fourth-order valence-electron chi connectivity index (χ4n) is 2.76. The van der Waals surface area contributed by atoms with Gasteiger partial charge in [-0.3, -0.25) is 14.4 Å². The van der Waals surface area contributed by atoms with Gasteiger partial charge in [0.15, 0.2) is 5.13 Å². The maximum absolute atomic E-state index is 13.3. The van der Waals surface area contributed by atoms with Crippen molar-refractivity contribution in [2.45, 2.75) is 44.9 Å². The van der Waals surface area contributed by atoms with E-state index in [-0.39, 0.29) is 23.7 Å². The van der Waals surface area contributed by atoms with Crippen LogP contribution in [0.2, 0.25) is 0 Å². The number of nitrogens with zero attached hydrogens (tertiary/aromatic N) is 1. The molecule has 32 heavy (non-hydrogen) atoms. The minimum absolute atomic E-state index is 0.181. The molecule has 2 amide bonds. The lowest BCUT2D eigenvalue weighted by molar-refractivity contribution is -0.139. The second-order valence-electron chi connectivity index (χ2n) is 6.78. The molecule has 0 bridgehead atoms. The van der Waals surface area contributed by atoms with Crippen molar-refractivity contribution in [2.24, 2.45) is 0 Å². The summed E-state index contributed by atoms with van der Waals surface area (Å²) in [6.45, 7) is 3.96. The van der Waals surface area contributed by atoms with Crippen LogP contribution in [0.4, 0.5) is 13.9 Å². The number of esters is 1. The number of benzene rings is 1. The Morgan fingerprint density at radius 3 is 2.56 bits per heavy atom. The number of nitrogens with one attached hydrogen (secondary N) is 2. The third-order valence-electron chi connectivity index (χ3n) is 4.07. The number of ether oxygens (including phenoxy) is 1. The van der Waals surface area contributed by atoms with Gasteiger partial charge >= 0.3 is 5.97 Å². The lowest BCUT2D eigenvalue weighted by Crippen LogP contribution is -2.44. The molecule has 0 saturated heterocycles. The molecule has 1 aromatic heterocycles. The molecule has 0 saturated carbocycles. The van der Waals surface area contributed by atoms with Crippen molar-refractivity contribution < 1.29 is 27.9 Å². The Labute approximate surface area is 193 Å². The van der Waals surface area contributed by atoms with Crippen LogP contribution in [0.3, 0.4) is 0 Å². The molecule has 0 aliphatic heterocycles. The van der Waals surface area contributed by atoms with Crippen LogP contribution in [-0.4, -0.2) is 41.2 Å². The van der Waals surface area contributed by atoms with Crippen LogP contribution in [0.25, 0.3) is 0 Å². The van der Waals surface area contributed by atoms with E-state index in [1.807, 2.05) is 6.92 Å². The molecule has 2 aromatic rings.